The number of aryl methyl sites for hydroxylation is 1. The quantitative estimate of drug-likeness (QED) is 0.496. The summed E-state index contributed by atoms with van der Waals surface area (Å²) in [5.41, 5.74) is 5.68. The van der Waals surface area contributed by atoms with Gasteiger partial charge in [-0.1, -0.05) is 42.5 Å². The lowest BCUT2D eigenvalue weighted by atomic mass is 10.0. The van der Waals surface area contributed by atoms with Gasteiger partial charge < -0.3 is 14.5 Å². The lowest BCUT2D eigenvalue weighted by Gasteiger charge is -2.38. The van der Waals surface area contributed by atoms with Crippen LogP contribution in [0.4, 0.5) is 5.69 Å². The van der Waals surface area contributed by atoms with E-state index in [2.05, 4.69) is 41.8 Å². The van der Waals surface area contributed by atoms with Crippen molar-refractivity contribution in [1.29, 1.82) is 0 Å². The molecule has 1 fully saturated rings. The smallest absolute Gasteiger partial charge is 0.277 e. The van der Waals surface area contributed by atoms with Crippen LogP contribution in [0, 0.1) is 13.8 Å². The minimum Gasteiger partial charge on any atom is -0.385 e. The van der Waals surface area contributed by atoms with Gasteiger partial charge >= 0.3 is 0 Å². The highest BCUT2D eigenvalue weighted by atomic mass is 16.5. The Hall–Kier alpha value is -3.12. The van der Waals surface area contributed by atoms with Crippen LogP contribution in [-0.4, -0.2) is 68.1 Å². The van der Waals surface area contributed by atoms with Gasteiger partial charge in [-0.2, -0.15) is 0 Å². The van der Waals surface area contributed by atoms with E-state index in [0.717, 1.165) is 18.7 Å². The summed E-state index contributed by atoms with van der Waals surface area (Å²) >= 11 is 0. The van der Waals surface area contributed by atoms with Crippen LogP contribution < -0.4 is 4.90 Å². The van der Waals surface area contributed by atoms with Gasteiger partial charge in [0.25, 0.3) is 11.8 Å². The highest BCUT2D eigenvalue weighted by Crippen LogP contribution is 2.33. The molecule has 2 aliphatic heterocycles. The van der Waals surface area contributed by atoms with Crippen molar-refractivity contribution in [2.45, 2.75) is 20.3 Å². The number of hydrogen-bond acceptors (Lipinski definition) is 5. The fourth-order valence-corrected chi connectivity index (χ4v) is 4.54. The summed E-state index contributed by atoms with van der Waals surface area (Å²) in [6.07, 6.45) is 0.629. The van der Waals surface area contributed by atoms with Gasteiger partial charge in [-0.25, -0.2) is 0 Å². The fraction of sp³-hybridized carbons (Fsp3) is 0.385. The first kappa shape index (κ1) is 22.1. The number of rotatable bonds is 7. The number of nitrogens with zero attached hydrogens (tertiary/aromatic N) is 3. The van der Waals surface area contributed by atoms with Crippen LogP contribution in [0.3, 0.4) is 0 Å². The molecule has 168 valence electrons. The molecular formula is C26H31N3O3. The number of amides is 2. The summed E-state index contributed by atoms with van der Waals surface area (Å²) in [4.78, 5) is 32.6. The SMILES string of the molecule is COCCCN1C(=O)C(c2ccccc2)=C(N2CCN(c3cccc(C)c3C)CC2)C1=O. The Morgan fingerprint density at radius 1 is 0.844 bits per heavy atom. The van der Waals surface area contributed by atoms with Gasteiger partial charge in [0.1, 0.15) is 5.70 Å². The second-order valence-corrected chi connectivity index (χ2v) is 8.39. The Balaban J connectivity index is 1.59. The molecule has 2 aliphatic rings. The van der Waals surface area contributed by atoms with Crippen molar-refractivity contribution in [3.8, 4) is 0 Å². The summed E-state index contributed by atoms with van der Waals surface area (Å²) in [6, 6.07) is 15.9. The summed E-state index contributed by atoms with van der Waals surface area (Å²) in [5, 5.41) is 0. The van der Waals surface area contributed by atoms with Gasteiger partial charge in [-0.3, -0.25) is 14.5 Å². The Morgan fingerprint density at radius 3 is 2.22 bits per heavy atom. The van der Waals surface area contributed by atoms with Crippen LogP contribution in [0.1, 0.15) is 23.1 Å². The van der Waals surface area contributed by atoms with E-state index in [1.165, 1.54) is 21.7 Å². The Kier molecular flexibility index (Phi) is 6.61. The largest absolute Gasteiger partial charge is 0.385 e. The maximum atomic E-state index is 13.4. The van der Waals surface area contributed by atoms with Crippen molar-refractivity contribution in [3.05, 3.63) is 70.9 Å². The highest BCUT2D eigenvalue weighted by molar-refractivity contribution is 6.35. The molecule has 2 aromatic rings. The highest BCUT2D eigenvalue weighted by Gasteiger charge is 2.41. The number of anilines is 1. The van der Waals surface area contributed by atoms with Gasteiger partial charge in [0.2, 0.25) is 0 Å². The van der Waals surface area contributed by atoms with Crippen LogP contribution in [0.25, 0.3) is 5.57 Å². The van der Waals surface area contributed by atoms with E-state index in [-0.39, 0.29) is 11.8 Å². The van der Waals surface area contributed by atoms with E-state index in [9.17, 15) is 9.59 Å². The normalized spacial score (nSPS) is 17.0. The fourth-order valence-electron chi connectivity index (χ4n) is 4.54. The average Bonchev–Trinajstić information content (AvgIpc) is 3.06. The van der Waals surface area contributed by atoms with E-state index in [4.69, 9.17) is 4.74 Å². The number of carbonyl (C=O) groups is 2. The molecule has 6 nitrogen and oxygen atoms in total. The number of imide groups is 1. The summed E-state index contributed by atoms with van der Waals surface area (Å²) in [5.74, 6) is -0.394. The molecule has 2 aromatic carbocycles. The predicted molar refractivity (Wildman–Crippen MR) is 126 cm³/mol. The summed E-state index contributed by atoms with van der Waals surface area (Å²) in [7, 11) is 1.63. The molecule has 0 aliphatic carbocycles. The molecule has 0 atom stereocenters. The van der Waals surface area contributed by atoms with E-state index in [1.54, 1.807) is 7.11 Å². The van der Waals surface area contributed by atoms with Crippen molar-refractivity contribution in [2.75, 3.05) is 51.3 Å². The number of ether oxygens (including phenoxy) is 1. The van der Waals surface area contributed by atoms with Crippen LogP contribution in [0.5, 0.6) is 0 Å². The molecule has 4 rings (SSSR count). The lowest BCUT2D eigenvalue weighted by molar-refractivity contribution is -0.137. The Bertz CT molecular complexity index is 1020. The molecule has 0 N–H and O–H groups in total. The minimum atomic E-state index is -0.204. The van der Waals surface area contributed by atoms with E-state index in [1.807, 2.05) is 30.3 Å². The standard InChI is InChI=1S/C26H31N3O3/c1-19-9-7-12-22(20(19)2)27-14-16-28(17-15-27)24-23(21-10-5-4-6-11-21)25(30)29(26(24)31)13-8-18-32-3/h4-7,9-12H,8,13-18H2,1-3H3. The monoisotopic (exact) mass is 433 g/mol. The van der Waals surface area contributed by atoms with Crippen molar-refractivity contribution in [2.24, 2.45) is 0 Å². The molecule has 0 unspecified atom stereocenters. The number of hydrogen-bond donors (Lipinski definition) is 0. The van der Waals surface area contributed by atoms with Crippen molar-refractivity contribution < 1.29 is 14.3 Å². The van der Waals surface area contributed by atoms with Gasteiger partial charge in [0, 0.05) is 52.1 Å². The first-order valence-electron chi connectivity index (χ1n) is 11.2. The topological polar surface area (TPSA) is 53.1 Å². The molecule has 0 radical (unpaired) electrons. The summed E-state index contributed by atoms with van der Waals surface area (Å²) in [6.45, 7) is 8.18. The van der Waals surface area contributed by atoms with Crippen molar-refractivity contribution >= 4 is 23.1 Å². The molecule has 1 saturated heterocycles. The van der Waals surface area contributed by atoms with Crippen LogP contribution >= 0.6 is 0 Å². The first-order chi connectivity index (χ1) is 15.5. The van der Waals surface area contributed by atoms with Crippen molar-refractivity contribution in [3.63, 3.8) is 0 Å². The molecule has 2 heterocycles. The molecule has 6 heteroatoms. The summed E-state index contributed by atoms with van der Waals surface area (Å²) < 4.78 is 5.12. The second kappa shape index (κ2) is 9.57. The zero-order valence-corrected chi connectivity index (χ0v) is 19.1. The molecule has 0 bridgehead atoms. The lowest BCUT2D eigenvalue weighted by Crippen LogP contribution is -2.48. The maximum absolute atomic E-state index is 13.4. The second-order valence-electron chi connectivity index (χ2n) is 8.39. The van der Waals surface area contributed by atoms with Gasteiger partial charge in [0.15, 0.2) is 0 Å². The zero-order chi connectivity index (χ0) is 22.7. The third-order valence-electron chi connectivity index (χ3n) is 6.45. The van der Waals surface area contributed by atoms with E-state index in [0.29, 0.717) is 43.9 Å². The predicted octanol–water partition coefficient (Wildman–Crippen LogP) is 3.24. The minimum absolute atomic E-state index is 0.190. The van der Waals surface area contributed by atoms with Crippen LogP contribution in [0.15, 0.2) is 54.2 Å². The molecule has 2 amide bonds. The maximum Gasteiger partial charge on any atom is 0.277 e. The first-order valence-corrected chi connectivity index (χ1v) is 11.2. The molecule has 0 saturated carbocycles. The zero-order valence-electron chi connectivity index (χ0n) is 19.1. The Morgan fingerprint density at radius 2 is 1.53 bits per heavy atom. The number of carbonyl (C=O) groups excluding carboxylic acids is 2. The third-order valence-corrected chi connectivity index (χ3v) is 6.45. The van der Waals surface area contributed by atoms with Crippen LogP contribution in [0.2, 0.25) is 0 Å². The van der Waals surface area contributed by atoms with Gasteiger partial charge in [-0.15, -0.1) is 0 Å². The molecule has 0 aromatic heterocycles. The molecule has 32 heavy (non-hydrogen) atoms. The number of methoxy groups -OCH3 is 1. The van der Waals surface area contributed by atoms with E-state index < -0.39 is 0 Å². The molecular weight excluding hydrogens is 402 g/mol. The van der Waals surface area contributed by atoms with Crippen molar-refractivity contribution in [1.82, 2.24) is 9.80 Å². The molecule has 0 spiro atoms. The third kappa shape index (κ3) is 4.15. The van der Waals surface area contributed by atoms with Crippen LogP contribution in [-0.2, 0) is 14.3 Å². The average molecular weight is 434 g/mol. The van der Waals surface area contributed by atoms with E-state index >= 15 is 0 Å². The number of benzene rings is 2. The number of piperazine rings is 1. The Labute approximate surface area is 190 Å². The van der Waals surface area contributed by atoms with Gasteiger partial charge in [0.05, 0.1) is 5.57 Å². The van der Waals surface area contributed by atoms with Gasteiger partial charge in [-0.05, 0) is 43.0 Å².